The fraction of sp³-hybridized carbons (Fsp3) is 0.533. The van der Waals surface area contributed by atoms with Gasteiger partial charge in [0.25, 0.3) is 5.91 Å². The van der Waals surface area contributed by atoms with Crippen LogP contribution < -0.4 is 0 Å². The summed E-state index contributed by atoms with van der Waals surface area (Å²) in [4.78, 5) is 14.3. The number of amides is 1. The van der Waals surface area contributed by atoms with E-state index in [-0.39, 0.29) is 5.91 Å². The van der Waals surface area contributed by atoms with Gasteiger partial charge in [0.05, 0.1) is 12.1 Å². The van der Waals surface area contributed by atoms with Crippen LogP contribution in [0.3, 0.4) is 0 Å². The third kappa shape index (κ3) is 2.90. The van der Waals surface area contributed by atoms with Gasteiger partial charge in [-0.25, -0.2) is 0 Å². The van der Waals surface area contributed by atoms with Gasteiger partial charge in [0, 0.05) is 24.5 Å². The van der Waals surface area contributed by atoms with Crippen LogP contribution >= 0.6 is 0 Å². The van der Waals surface area contributed by atoms with Crippen molar-refractivity contribution in [1.82, 2.24) is 24.2 Å². The second-order valence-electron chi connectivity index (χ2n) is 6.03. The van der Waals surface area contributed by atoms with Crippen molar-refractivity contribution >= 4 is 5.91 Å². The molecule has 0 spiro atoms. The van der Waals surface area contributed by atoms with Crippen molar-refractivity contribution in [3.05, 3.63) is 34.7 Å². The van der Waals surface area contributed by atoms with Crippen molar-refractivity contribution in [2.24, 2.45) is 0 Å². The van der Waals surface area contributed by atoms with Gasteiger partial charge in [-0.3, -0.25) is 4.79 Å². The first-order valence-electron chi connectivity index (χ1n) is 7.59. The molecule has 3 heterocycles. The van der Waals surface area contributed by atoms with E-state index >= 15 is 0 Å². The average molecular weight is 341 g/mol. The van der Waals surface area contributed by atoms with Crippen LogP contribution in [0, 0.1) is 20.8 Å². The number of nitrogens with zero attached hydrogens (tertiary/aromatic N) is 5. The van der Waals surface area contributed by atoms with Gasteiger partial charge in [0.15, 0.2) is 5.82 Å². The molecule has 0 unspecified atom stereocenters. The van der Waals surface area contributed by atoms with Crippen molar-refractivity contribution < 1.29 is 18.0 Å². The zero-order chi connectivity index (χ0) is 17.6. The number of aryl methyl sites for hydroxylation is 2. The van der Waals surface area contributed by atoms with Gasteiger partial charge < -0.3 is 14.0 Å². The summed E-state index contributed by atoms with van der Waals surface area (Å²) in [6.45, 7) is 5.25. The van der Waals surface area contributed by atoms with Gasteiger partial charge in [-0.1, -0.05) is 0 Å². The van der Waals surface area contributed by atoms with Crippen LogP contribution in [0.15, 0.2) is 6.07 Å². The molecule has 0 saturated carbocycles. The van der Waals surface area contributed by atoms with Crippen molar-refractivity contribution in [2.45, 2.75) is 46.6 Å². The van der Waals surface area contributed by atoms with Gasteiger partial charge in [0.1, 0.15) is 12.4 Å². The second-order valence-corrected chi connectivity index (χ2v) is 6.03. The molecule has 6 nitrogen and oxygen atoms in total. The van der Waals surface area contributed by atoms with Gasteiger partial charge in [-0.05, 0) is 26.8 Å². The third-order valence-electron chi connectivity index (χ3n) is 4.37. The highest BCUT2D eigenvalue weighted by molar-refractivity contribution is 5.95. The second kappa shape index (κ2) is 5.64. The summed E-state index contributed by atoms with van der Waals surface area (Å²) < 4.78 is 41.2. The summed E-state index contributed by atoms with van der Waals surface area (Å²) in [5.41, 5.74) is 1.06. The minimum Gasteiger partial charge on any atom is -0.339 e. The minimum atomic E-state index is -4.33. The number of hydrogen-bond acceptors (Lipinski definition) is 3. The Morgan fingerprint density at radius 1 is 1.21 bits per heavy atom. The number of alkyl halides is 3. The highest BCUT2D eigenvalue weighted by Crippen LogP contribution is 2.25. The normalized spacial score (nSPS) is 14.8. The average Bonchev–Trinajstić information content (AvgIpc) is 3.00. The number of rotatable bonds is 2. The van der Waals surface area contributed by atoms with Gasteiger partial charge in [0.2, 0.25) is 0 Å². The van der Waals surface area contributed by atoms with E-state index in [0.29, 0.717) is 42.4 Å². The molecule has 0 fully saturated rings. The summed E-state index contributed by atoms with van der Waals surface area (Å²) in [6, 6.07) is 1.52. The Morgan fingerprint density at radius 3 is 2.58 bits per heavy atom. The topological polar surface area (TPSA) is 56.0 Å². The Labute approximate surface area is 136 Å². The standard InChI is InChI=1S/C15H18F3N5O/c1-9-6-12(10(2)23(9)8-15(16,17)18)14(24)21-4-5-22-11(3)19-20-13(22)7-21/h6H,4-5,7-8H2,1-3H3. The Balaban J connectivity index is 1.85. The molecular weight excluding hydrogens is 323 g/mol. The summed E-state index contributed by atoms with van der Waals surface area (Å²) in [5.74, 6) is 1.21. The number of hydrogen-bond donors (Lipinski definition) is 0. The fourth-order valence-electron chi connectivity index (χ4n) is 3.09. The van der Waals surface area contributed by atoms with E-state index in [1.54, 1.807) is 18.7 Å². The van der Waals surface area contributed by atoms with E-state index in [9.17, 15) is 18.0 Å². The number of carbonyl (C=O) groups excluding carboxylic acids is 1. The Bertz CT molecular complexity index is 790. The lowest BCUT2D eigenvalue weighted by molar-refractivity contribution is -0.141. The molecule has 2 aromatic rings. The molecule has 24 heavy (non-hydrogen) atoms. The third-order valence-corrected chi connectivity index (χ3v) is 4.37. The smallest absolute Gasteiger partial charge is 0.339 e. The van der Waals surface area contributed by atoms with E-state index in [1.807, 2.05) is 11.5 Å². The lowest BCUT2D eigenvalue weighted by Crippen LogP contribution is -2.38. The van der Waals surface area contributed by atoms with Crippen molar-refractivity contribution in [3.8, 4) is 0 Å². The monoisotopic (exact) mass is 341 g/mol. The zero-order valence-corrected chi connectivity index (χ0v) is 13.7. The van der Waals surface area contributed by atoms with Crippen LogP contribution in [0.1, 0.15) is 33.4 Å². The fourth-order valence-corrected chi connectivity index (χ4v) is 3.09. The van der Waals surface area contributed by atoms with Gasteiger partial charge >= 0.3 is 6.18 Å². The molecule has 2 aromatic heterocycles. The quantitative estimate of drug-likeness (QED) is 0.842. The summed E-state index contributed by atoms with van der Waals surface area (Å²) in [5, 5.41) is 8.03. The molecule has 0 N–H and O–H groups in total. The molecule has 0 bridgehead atoms. The maximum absolute atomic E-state index is 12.7. The van der Waals surface area contributed by atoms with Crippen LogP contribution in [0.4, 0.5) is 13.2 Å². The van der Waals surface area contributed by atoms with Crippen LogP contribution in [0.2, 0.25) is 0 Å². The Morgan fingerprint density at radius 2 is 1.92 bits per heavy atom. The Kier molecular flexibility index (Phi) is 3.89. The molecule has 9 heteroatoms. The minimum absolute atomic E-state index is 0.275. The molecule has 1 amide bonds. The molecular formula is C15H18F3N5O. The summed E-state index contributed by atoms with van der Waals surface area (Å²) >= 11 is 0. The number of halogens is 3. The van der Waals surface area contributed by atoms with E-state index in [0.717, 1.165) is 10.4 Å². The van der Waals surface area contributed by atoms with Gasteiger partial charge in [-0.2, -0.15) is 13.2 Å². The predicted octanol–water partition coefficient (Wildman–Crippen LogP) is 2.22. The van der Waals surface area contributed by atoms with E-state index in [2.05, 4.69) is 10.2 Å². The first-order valence-corrected chi connectivity index (χ1v) is 7.59. The molecule has 1 aliphatic heterocycles. The predicted molar refractivity (Wildman–Crippen MR) is 79.5 cm³/mol. The molecule has 0 atom stereocenters. The van der Waals surface area contributed by atoms with E-state index < -0.39 is 12.7 Å². The lowest BCUT2D eigenvalue weighted by atomic mass is 10.2. The first-order chi connectivity index (χ1) is 11.2. The highest BCUT2D eigenvalue weighted by Gasteiger charge is 2.32. The van der Waals surface area contributed by atoms with Crippen LogP contribution in [-0.4, -0.2) is 42.9 Å². The molecule has 3 rings (SSSR count). The Hall–Kier alpha value is -2.32. The van der Waals surface area contributed by atoms with Crippen molar-refractivity contribution in [1.29, 1.82) is 0 Å². The number of aromatic nitrogens is 4. The van der Waals surface area contributed by atoms with Crippen LogP contribution in [0.25, 0.3) is 0 Å². The van der Waals surface area contributed by atoms with Crippen LogP contribution in [0.5, 0.6) is 0 Å². The molecule has 0 saturated heterocycles. The number of fused-ring (bicyclic) bond motifs is 1. The summed E-state index contributed by atoms with van der Waals surface area (Å²) in [6.07, 6.45) is -4.33. The SMILES string of the molecule is Cc1cc(C(=O)N2CCn3c(C)nnc3C2)c(C)n1CC(F)(F)F. The lowest BCUT2D eigenvalue weighted by Gasteiger charge is -2.27. The number of carbonyl (C=O) groups is 1. The molecule has 0 aromatic carbocycles. The first kappa shape index (κ1) is 16.5. The van der Waals surface area contributed by atoms with Gasteiger partial charge in [-0.15, -0.1) is 10.2 Å². The van der Waals surface area contributed by atoms with Crippen LogP contribution in [-0.2, 0) is 19.6 Å². The molecule has 0 radical (unpaired) electrons. The van der Waals surface area contributed by atoms with E-state index in [1.165, 1.54) is 6.07 Å². The van der Waals surface area contributed by atoms with Crippen molar-refractivity contribution in [3.63, 3.8) is 0 Å². The zero-order valence-electron chi connectivity index (χ0n) is 13.7. The van der Waals surface area contributed by atoms with E-state index in [4.69, 9.17) is 0 Å². The molecule has 0 aliphatic carbocycles. The maximum atomic E-state index is 12.7. The van der Waals surface area contributed by atoms with Crippen molar-refractivity contribution in [2.75, 3.05) is 6.54 Å². The largest absolute Gasteiger partial charge is 0.406 e. The molecule has 130 valence electrons. The maximum Gasteiger partial charge on any atom is 0.406 e. The summed E-state index contributed by atoms with van der Waals surface area (Å²) in [7, 11) is 0. The molecule has 1 aliphatic rings. The highest BCUT2D eigenvalue weighted by atomic mass is 19.4.